The van der Waals surface area contributed by atoms with E-state index in [4.69, 9.17) is 4.74 Å². The zero-order valence-corrected chi connectivity index (χ0v) is 19.9. The predicted molar refractivity (Wildman–Crippen MR) is 132 cm³/mol. The van der Waals surface area contributed by atoms with Gasteiger partial charge in [0.25, 0.3) is 5.91 Å². The fourth-order valence-corrected chi connectivity index (χ4v) is 3.85. The molecule has 1 amide bonds. The van der Waals surface area contributed by atoms with Crippen LogP contribution in [0.5, 0.6) is 5.75 Å². The Bertz CT molecular complexity index is 1340. The smallest absolute Gasteiger partial charge is 0.255 e. The Labute approximate surface area is 199 Å². The van der Waals surface area contributed by atoms with Crippen molar-refractivity contribution in [1.82, 2.24) is 9.78 Å². The number of amides is 1. The fourth-order valence-electron chi connectivity index (χ4n) is 3.85. The van der Waals surface area contributed by atoms with Crippen LogP contribution in [0.3, 0.4) is 0 Å². The van der Waals surface area contributed by atoms with E-state index >= 15 is 0 Å². The molecule has 174 valence electrons. The van der Waals surface area contributed by atoms with E-state index in [9.17, 15) is 9.18 Å². The molecule has 34 heavy (non-hydrogen) atoms. The first-order valence-corrected chi connectivity index (χ1v) is 11.2. The molecule has 0 saturated carbocycles. The summed E-state index contributed by atoms with van der Waals surface area (Å²) in [5.41, 5.74) is 6.64. The van der Waals surface area contributed by atoms with Gasteiger partial charge in [0.15, 0.2) is 0 Å². The maximum Gasteiger partial charge on any atom is 0.255 e. The van der Waals surface area contributed by atoms with Crippen LogP contribution >= 0.6 is 0 Å². The summed E-state index contributed by atoms with van der Waals surface area (Å²) in [5, 5.41) is 7.53. The second kappa shape index (κ2) is 9.91. The largest absolute Gasteiger partial charge is 0.489 e. The zero-order valence-electron chi connectivity index (χ0n) is 19.9. The van der Waals surface area contributed by atoms with Gasteiger partial charge in [-0.1, -0.05) is 36.4 Å². The van der Waals surface area contributed by atoms with Crippen molar-refractivity contribution < 1.29 is 13.9 Å². The van der Waals surface area contributed by atoms with E-state index in [0.717, 1.165) is 33.7 Å². The Morgan fingerprint density at radius 3 is 2.53 bits per heavy atom. The van der Waals surface area contributed by atoms with Crippen molar-refractivity contribution in [3.05, 3.63) is 112 Å². The molecule has 6 heteroatoms. The number of hydrogen-bond donors (Lipinski definition) is 1. The molecule has 4 rings (SSSR count). The van der Waals surface area contributed by atoms with Crippen LogP contribution < -0.4 is 10.1 Å². The Kier molecular flexibility index (Phi) is 6.77. The fraction of sp³-hybridized carbons (Fsp3) is 0.214. The Morgan fingerprint density at radius 1 is 0.971 bits per heavy atom. The van der Waals surface area contributed by atoms with Crippen molar-refractivity contribution in [3.63, 3.8) is 0 Å². The van der Waals surface area contributed by atoms with E-state index in [-0.39, 0.29) is 11.7 Å². The summed E-state index contributed by atoms with van der Waals surface area (Å²) in [6, 6.07) is 19.9. The Balaban J connectivity index is 1.47. The quantitative estimate of drug-likeness (QED) is 0.363. The molecule has 0 atom stereocenters. The highest BCUT2D eigenvalue weighted by atomic mass is 19.1. The molecule has 1 N–H and O–H groups in total. The minimum absolute atomic E-state index is 0.218. The molecule has 5 nitrogen and oxygen atoms in total. The summed E-state index contributed by atoms with van der Waals surface area (Å²) in [4.78, 5) is 13.0. The third-order valence-corrected chi connectivity index (χ3v) is 5.77. The molecule has 0 aliphatic rings. The molecular formula is C28H28FN3O2. The highest BCUT2D eigenvalue weighted by Crippen LogP contribution is 2.23. The van der Waals surface area contributed by atoms with Gasteiger partial charge in [-0.2, -0.15) is 5.10 Å². The molecule has 0 bridgehead atoms. The third kappa shape index (κ3) is 5.34. The average molecular weight is 458 g/mol. The number of halogens is 1. The lowest BCUT2D eigenvalue weighted by Gasteiger charge is -2.11. The molecule has 1 aromatic heterocycles. The lowest BCUT2D eigenvalue weighted by atomic mass is 10.1. The number of aryl methyl sites for hydroxylation is 3. The van der Waals surface area contributed by atoms with Gasteiger partial charge in [-0.25, -0.2) is 4.39 Å². The van der Waals surface area contributed by atoms with E-state index in [1.54, 1.807) is 16.8 Å². The van der Waals surface area contributed by atoms with E-state index in [1.165, 1.54) is 12.1 Å². The van der Waals surface area contributed by atoms with Crippen LogP contribution in [-0.4, -0.2) is 15.7 Å². The molecule has 0 aliphatic heterocycles. The van der Waals surface area contributed by atoms with Crippen molar-refractivity contribution in [2.45, 2.75) is 40.8 Å². The molecular weight excluding hydrogens is 429 g/mol. The summed E-state index contributed by atoms with van der Waals surface area (Å²) in [7, 11) is 0. The van der Waals surface area contributed by atoms with Crippen LogP contribution in [0.1, 0.15) is 44.0 Å². The van der Waals surface area contributed by atoms with Crippen LogP contribution in [0, 0.1) is 33.5 Å². The number of ether oxygens (including phenoxy) is 1. The normalized spacial score (nSPS) is 10.9. The number of carbonyl (C=O) groups is 1. The van der Waals surface area contributed by atoms with E-state index in [1.807, 2.05) is 64.1 Å². The molecule has 4 aromatic rings. The van der Waals surface area contributed by atoms with Gasteiger partial charge >= 0.3 is 0 Å². The summed E-state index contributed by atoms with van der Waals surface area (Å²) in [6.07, 6.45) is 0. The van der Waals surface area contributed by atoms with Crippen molar-refractivity contribution in [3.8, 4) is 5.75 Å². The second-order valence-electron chi connectivity index (χ2n) is 8.55. The van der Waals surface area contributed by atoms with Crippen molar-refractivity contribution in [1.29, 1.82) is 0 Å². The number of rotatable bonds is 7. The van der Waals surface area contributed by atoms with Crippen LogP contribution in [-0.2, 0) is 13.2 Å². The minimum Gasteiger partial charge on any atom is -0.489 e. The maximum atomic E-state index is 13.5. The van der Waals surface area contributed by atoms with Gasteiger partial charge in [-0.3, -0.25) is 9.48 Å². The monoisotopic (exact) mass is 457 g/mol. The number of aromatic nitrogens is 2. The van der Waals surface area contributed by atoms with E-state index in [0.29, 0.717) is 30.1 Å². The van der Waals surface area contributed by atoms with Crippen molar-refractivity contribution >= 4 is 11.6 Å². The second-order valence-corrected chi connectivity index (χ2v) is 8.55. The van der Waals surface area contributed by atoms with Gasteiger partial charge in [0.2, 0.25) is 0 Å². The van der Waals surface area contributed by atoms with Gasteiger partial charge < -0.3 is 10.1 Å². The Hall–Kier alpha value is -3.93. The maximum absolute atomic E-state index is 13.5. The lowest BCUT2D eigenvalue weighted by molar-refractivity contribution is 0.102. The van der Waals surface area contributed by atoms with Crippen molar-refractivity contribution in [2.24, 2.45) is 0 Å². The van der Waals surface area contributed by atoms with Crippen molar-refractivity contribution in [2.75, 3.05) is 5.32 Å². The topological polar surface area (TPSA) is 56.1 Å². The van der Waals surface area contributed by atoms with Crippen LogP contribution in [0.4, 0.5) is 10.1 Å². The molecule has 0 saturated heterocycles. The zero-order chi connectivity index (χ0) is 24.2. The molecule has 0 unspecified atom stereocenters. The van der Waals surface area contributed by atoms with Crippen LogP contribution in [0.25, 0.3) is 0 Å². The first-order chi connectivity index (χ1) is 16.3. The average Bonchev–Trinajstić information content (AvgIpc) is 3.07. The molecule has 0 spiro atoms. The Morgan fingerprint density at radius 2 is 1.74 bits per heavy atom. The SMILES string of the molecule is Cc1ccc(C)c(OCc2cccc(C(=O)Nc3c(C)nn(Cc4cccc(F)c4)c3C)c2)c1. The molecule has 0 aliphatic carbocycles. The molecule has 3 aromatic carbocycles. The lowest BCUT2D eigenvalue weighted by Crippen LogP contribution is -2.14. The van der Waals surface area contributed by atoms with Gasteiger partial charge in [-0.15, -0.1) is 0 Å². The van der Waals surface area contributed by atoms with Gasteiger partial charge in [-0.05, 0) is 80.3 Å². The first kappa shape index (κ1) is 23.2. The van der Waals surface area contributed by atoms with Gasteiger partial charge in [0.1, 0.15) is 18.2 Å². The minimum atomic E-state index is -0.283. The van der Waals surface area contributed by atoms with Crippen LogP contribution in [0.2, 0.25) is 0 Å². The van der Waals surface area contributed by atoms with Gasteiger partial charge in [0.05, 0.1) is 23.6 Å². The number of carbonyl (C=O) groups excluding carboxylic acids is 1. The number of benzene rings is 3. The molecule has 0 radical (unpaired) electrons. The standard InChI is InChI=1S/C28H28FN3O2/c1-18-11-12-19(2)26(13-18)34-17-23-8-5-9-24(14-23)28(33)30-27-20(3)31-32(21(27)4)16-22-7-6-10-25(29)15-22/h5-15H,16-17H2,1-4H3,(H,30,33). The van der Waals surface area contributed by atoms with E-state index < -0.39 is 0 Å². The number of nitrogens with one attached hydrogen (secondary N) is 1. The summed E-state index contributed by atoms with van der Waals surface area (Å²) < 4.78 is 21.3. The van der Waals surface area contributed by atoms with Crippen LogP contribution in [0.15, 0.2) is 66.7 Å². The highest BCUT2D eigenvalue weighted by Gasteiger charge is 2.16. The molecule has 0 fully saturated rings. The highest BCUT2D eigenvalue weighted by molar-refractivity contribution is 6.05. The number of nitrogens with zero attached hydrogens (tertiary/aromatic N) is 2. The first-order valence-electron chi connectivity index (χ1n) is 11.2. The summed E-state index contributed by atoms with van der Waals surface area (Å²) >= 11 is 0. The number of anilines is 1. The van der Waals surface area contributed by atoms with Gasteiger partial charge in [0, 0.05) is 5.56 Å². The third-order valence-electron chi connectivity index (χ3n) is 5.77. The summed E-state index contributed by atoms with van der Waals surface area (Å²) in [5.74, 6) is 0.339. The predicted octanol–water partition coefficient (Wildman–Crippen LogP) is 6.14. The summed E-state index contributed by atoms with van der Waals surface area (Å²) in [6.45, 7) is 8.57. The molecule has 1 heterocycles. The number of hydrogen-bond acceptors (Lipinski definition) is 3. The van der Waals surface area contributed by atoms with E-state index in [2.05, 4.69) is 16.5 Å².